The Morgan fingerprint density at radius 1 is 1.14 bits per heavy atom. The van der Waals surface area contributed by atoms with Crippen molar-refractivity contribution in [3.8, 4) is 17.0 Å². The van der Waals surface area contributed by atoms with E-state index in [0.29, 0.717) is 16.5 Å². The second-order valence-electron chi connectivity index (χ2n) is 5.74. The van der Waals surface area contributed by atoms with Crippen molar-refractivity contribution >= 4 is 48.9 Å². The van der Waals surface area contributed by atoms with Gasteiger partial charge in [0.15, 0.2) is 0 Å². The van der Waals surface area contributed by atoms with Crippen LogP contribution >= 0.6 is 22.9 Å². The Morgan fingerprint density at radius 2 is 2.00 bits per heavy atom. The number of nitrogens with one attached hydrogen (secondary N) is 1. The number of rotatable bonds is 5. The molecule has 0 saturated carbocycles. The van der Waals surface area contributed by atoms with Crippen molar-refractivity contribution in [1.29, 1.82) is 0 Å². The molecular formula is C18H13ClN4O3S2. The molecule has 0 aliphatic carbocycles. The summed E-state index contributed by atoms with van der Waals surface area (Å²) in [7, 11) is -2.22. The van der Waals surface area contributed by atoms with E-state index in [1.165, 1.54) is 11.6 Å². The lowest BCUT2D eigenvalue weighted by molar-refractivity contribution is 0.416. The van der Waals surface area contributed by atoms with Crippen LogP contribution in [0.2, 0.25) is 5.02 Å². The summed E-state index contributed by atoms with van der Waals surface area (Å²) in [6.45, 7) is 0. The van der Waals surface area contributed by atoms with Crippen LogP contribution in [0.5, 0.6) is 5.75 Å². The van der Waals surface area contributed by atoms with Crippen molar-refractivity contribution in [3.05, 3.63) is 59.2 Å². The van der Waals surface area contributed by atoms with E-state index in [4.69, 9.17) is 16.3 Å². The largest absolute Gasteiger partial charge is 0.496 e. The van der Waals surface area contributed by atoms with Crippen LogP contribution in [0, 0.1) is 0 Å². The van der Waals surface area contributed by atoms with Crippen molar-refractivity contribution in [3.63, 3.8) is 0 Å². The van der Waals surface area contributed by atoms with E-state index < -0.39 is 10.0 Å². The number of hydrogen-bond donors (Lipinski definition) is 1. The first-order valence-electron chi connectivity index (χ1n) is 7.99. The summed E-state index contributed by atoms with van der Waals surface area (Å²) in [4.78, 5) is 4.58. The number of nitrogens with zero attached hydrogens (tertiary/aromatic N) is 3. The molecule has 4 rings (SSSR count). The van der Waals surface area contributed by atoms with Crippen LogP contribution in [-0.4, -0.2) is 30.7 Å². The van der Waals surface area contributed by atoms with Gasteiger partial charge in [-0.15, -0.1) is 10.2 Å². The van der Waals surface area contributed by atoms with E-state index in [1.54, 1.807) is 43.6 Å². The number of aromatic nitrogens is 3. The maximum atomic E-state index is 12.6. The van der Waals surface area contributed by atoms with Gasteiger partial charge >= 0.3 is 0 Å². The zero-order chi connectivity index (χ0) is 19.7. The first-order valence-corrected chi connectivity index (χ1v) is 10.7. The zero-order valence-electron chi connectivity index (χ0n) is 14.5. The third kappa shape index (κ3) is 3.51. The van der Waals surface area contributed by atoms with Crippen molar-refractivity contribution in [2.45, 2.75) is 4.90 Å². The average Bonchev–Trinajstić information content (AvgIpc) is 3.19. The minimum Gasteiger partial charge on any atom is -0.496 e. The average molecular weight is 433 g/mol. The quantitative estimate of drug-likeness (QED) is 0.507. The topological polar surface area (TPSA) is 94.1 Å². The highest BCUT2D eigenvalue weighted by Crippen LogP contribution is 2.35. The Hall–Kier alpha value is -2.75. The summed E-state index contributed by atoms with van der Waals surface area (Å²) in [5, 5.41) is 9.62. The number of ether oxygens (including phenoxy) is 1. The SMILES string of the molecule is COc1cc(Cl)ccc1-c1nccc2cc(S(=O)(=O)Nc3nncs3)ccc12. The number of halogens is 1. The molecule has 0 aliphatic heterocycles. The number of methoxy groups -OCH3 is 1. The van der Waals surface area contributed by atoms with Crippen LogP contribution in [0.1, 0.15) is 0 Å². The zero-order valence-corrected chi connectivity index (χ0v) is 16.8. The molecule has 142 valence electrons. The normalized spacial score (nSPS) is 11.5. The first kappa shape index (κ1) is 18.6. The van der Waals surface area contributed by atoms with Crippen LogP contribution in [0.15, 0.2) is 59.1 Å². The third-order valence-corrected chi connectivity index (χ3v) is 6.35. The summed E-state index contributed by atoms with van der Waals surface area (Å²) in [6.07, 6.45) is 1.63. The predicted octanol–water partition coefficient (Wildman–Crippen LogP) is 4.22. The van der Waals surface area contributed by atoms with E-state index in [1.807, 2.05) is 6.07 Å². The Balaban J connectivity index is 1.81. The third-order valence-electron chi connectivity index (χ3n) is 4.05. The Labute approximate surface area is 170 Å². The molecule has 0 aliphatic rings. The fourth-order valence-electron chi connectivity index (χ4n) is 2.79. The molecule has 28 heavy (non-hydrogen) atoms. The van der Waals surface area contributed by atoms with Crippen molar-refractivity contribution in [2.24, 2.45) is 0 Å². The molecule has 2 heterocycles. The van der Waals surface area contributed by atoms with Crippen molar-refractivity contribution in [2.75, 3.05) is 11.8 Å². The van der Waals surface area contributed by atoms with Gasteiger partial charge in [0.25, 0.3) is 10.0 Å². The molecule has 4 aromatic rings. The summed E-state index contributed by atoms with van der Waals surface area (Å²) in [5.74, 6) is 0.585. The van der Waals surface area contributed by atoms with Crippen LogP contribution in [0.25, 0.3) is 22.0 Å². The Kier molecular flexibility index (Phi) is 4.88. The molecule has 2 aromatic heterocycles. The molecule has 0 atom stereocenters. The van der Waals surface area contributed by atoms with Gasteiger partial charge in [-0.3, -0.25) is 9.71 Å². The molecule has 0 saturated heterocycles. The number of pyridine rings is 1. The minimum absolute atomic E-state index is 0.121. The van der Waals surface area contributed by atoms with Gasteiger partial charge in [0, 0.05) is 22.2 Å². The van der Waals surface area contributed by atoms with Crippen LogP contribution < -0.4 is 9.46 Å². The van der Waals surface area contributed by atoms with Gasteiger partial charge in [-0.1, -0.05) is 29.0 Å². The van der Waals surface area contributed by atoms with E-state index in [0.717, 1.165) is 27.7 Å². The number of anilines is 1. The monoisotopic (exact) mass is 432 g/mol. The molecule has 2 aromatic carbocycles. The van der Waals surface area contributed by atoms with Gasteiger partial charge in [0.05, 0.1) is 17.7 Å². The molecular weight excluding hydrogens is 420 g/mol. The van der Waals surface area contributed by atoms with Crippen molar-refractivity contribution < 1.29 is 13.2 Å². The molecule has 0 radical (unpaired) electrons. The first-order chi connectivity index (χ1) is 13.5. The lowest BCUT2D eigenvalue weighted by Crippen LogP contribution is -2.12. The van der Waals surface area contributed by atoms with Gasteiger partial charge in [-0.2, -0.15) is 0 Å². The van der Waals surface area contributed by atoms with Gasteiger partial charge in [-0.25, -0.2) is 8.42 Å². The molecule has 0 bridgehead atoms. The summed E-state index contributed by atoms with van der Waals surface area (Å²) < 4.78 is 33.1. The second kappa shape index (κ2) is 7.34. The van der Waals surface area contributed by atoms with Crippen LogP contribution in [0.3, 0.4) is 0 Å². The molecule has 0 unspecified atom stereocenters. The predicted molar refractivity (Wildman–Crippen MR) is 109 cm³/mol. The molecule has 10 heteroatoms. The lowest BCUT2D eigenvalue weighted by Gasteiger charge is -2.12. The van der Waals surface area contributed by atoms with Gasteiger partial charge < -0.3 is 4.74 Å². The van der Waals surface area contributed by atoms with E-state index >= 15 is 0 Å². The van der Waals surface area contributed by atoms with Crippen LogP contribution in [-0.2, 0) is 10.0 Å². The van der Waals surface area contributed by atoms with E-state index in [9.17, 15) is 8.42 Å². The van der Waals surface area contributed by atoms with Crippen molar-refractivity contribution in [1.82, 2.24) is 15.2 Å². The molecule has 1 N–H and O–H groups in total. The summed E-state index contributed by atoms with van der Waals surface area (Å²) in [5.41, 5.74) is 2.89. The highest BCUT2D eigenvalue weighted by molar-refractivity contribution is 7.93. The number of fused-ring (bicyclic) bond motifs is 1. The maximum absolute atomic E-state index is 12.6. The molecule has 0 amide bonds. The maximum Gasteiger partial charge on any atom is 0.263 e. The fraction of sp³-hybridized carbons (Fsp3) is 0.0556. The lowest BCUT2D eigenvalue weighted by atomic mass is 10.0. The smallest absolute Gasteiger partial charge is 0.263 e. The fourth-order valence-corrected chi connectivity index (χ4v) is 4.68. The molecule has 0 fully saturated rings. The summed E-state index contributed by atoms with van der Waals surface area (Å²) in [6, 6.07) is 11.9. The van der Waals surface area contributed by atoms with Gasteiger partial charge in [-0.05, 0) is 41.8 Å². The number of sulfonamides is 1. The van der Waals surface area contributed by atoms with Crippen LogP contribution in [0.4, 0.5) is 5.13 Å². The molecule has 0 spiro atoms. The highest BCUT2D eigenvalue weighted by atomic mass is 35.5. The molecule has 7 nitrogen and oxygen atoms in total. The summed E-state index contributed by atoms with van der Waals surface area (Å²) >= 11 is 7.15. The standard InChI is InChI=1S/C18H13ClN4O3S2/c1-26-16-9-12(19)2-4-15(16)17-14-5-3-13(8-11(14)6-7-20-17)28(24,25)23-18-22-21-10-27-18/h2-10H,1H3,(H,22,23). The van der Waals surface area contributed by atoms with Gasteiger partial charge in [0.1, 0.15) is 11.3 Å². The van der Waals surface area contributed by atoms with E-state index in [-0.39, 0.29) is 10.0 Å². The highest BCUT2D eigenvalue weighted by Gasteiger charge is 2.18. The Bertz CT molecular complexity index is 1260. The Morgan fingerprint density at radius 3 is 2.75 bits per heavy atom. The van der Waals surface area contributed by atoms with E-state index in [2.05, 4.69) is 19.9 Å². The number of hydrogen-bond acceptors (Lipinski definition) is 7. The van der Waals surface area contributed by atoms with Gasteiger partial charge in [0.2, 0.25) is 5.13 Å². The second-order valence-corrected chi connectivity index (χ2v) is 8.69. The minimum atomic E-state index is -3.78. The number of benzene rings is 2.